The van der Waals surface area contributed by atoms with Crippen LogP contribution in [0.15, 0.2) is 12.4 Å². The zero-order chi connectivity index (χ0) is 14.5. The highest BCUT2D eigenvalue weighted by atomic mass is 16.5. The van der Waals surface area contributed by atoms with Crippen LogP contribution >= 0.6 is 0 Å². The predicted molar refractivity (Wildman–Crippen MR) is 80.8 cm³/mol. The molecule has 0 aromatic carbocycles. The number of nitrogens with one attached hydrogen (secondary N) is 1. The standard InChI is InChI=1S/C15H28N4O/c1-5-6-19-11-13(9-17-19)15-14(10-16-12(2)3)20-8-7-18(15)4/h9,11-12,14-16H,5-8,10H2,1-4H3. The van der Waals surface area contributed by atoms with E-state index >= 15 is 0 Å². The molecule has 2 unspecified atom stereocenters. The molecule has 1 saturated heterocycles. The maximum absolute atomic E-state index is 5.99. The predicted octanol–water partition coefficient (Wildman–Crippen LogP) is 1.66. The van der Waals surface area contributed by atoms with Crippen molar-refractivity contribution in [3.05, 3.63) is 18.0 Å². The molecule has 20 heavy (non-hydrogen) atoms. The van der Waals surface area contributed by atoms with Crippen molar-refractivity contribution in [1.82, 2.24) is 20.0 Å². The largest absolute Gasteiger partial charge is 0.374 e. The molecule has 5 heteroatoms. The van der Waals surface area contributed by atoms with Crippen LogP contribution in [-0.2, 0) is 11.3 Å². The summed E-state index contributed by atoms with van der Waals surface area (Å²) in [6.45, 7) is 10.1. The van der Waals surface area contributed by atoms with Crippen molar-refractivity contribution in [2.75, 3.05) is 26.7 Å². The summed E-state index contributed by atoms with van der Waals surface area (Å²) in [4.78, 5) is 2.38. The van der Waals surface area contributed by atoms with Crippen molar-refractivity contribution in [2.45, 2.75) is 51.9 Å². The van der Waals surface area contributed by atoms with Crippen LogP contribution in [0.1, 0.15) is 38.8 Å². The Morgan fingerprint density at radius 3 is 3.00 bits per heavy atom. The number of likely N-dealkylation sites (N-methyl/N-ethyl adjacent to an activating group) is 1. The average molecular weight is 280 g/mol. The van der Waals surface area contributed by atoms with Crippen LogP contribution in [0.4, 0.5) is 0 Å². The number of hydrogen-bond donors (Lipinski definition) is 1. The van der Waals surface area contributed by atoms with Crippen molar-refractivity contribution in [2.24, 2.45) is 0 Å². The van der Waals surface area contributed by atoms with Crippen LogP contribution in [0.25, 0.3) is 0 Å². The summed E-state index contributed by atoms with van der Waals surface area (Å²) in [5.41, 5.74) is 1.26. The fourth-order valence-electron chi connectivity index (χ4n) is 2.74. The monoisotopic (exact) mass is 280 g/mol. The van der Waals surface area contributed by atoms with Gasteiger partial charge in [0.1, 0.15) is 0 Å². The van der Waals surface area contributed by atoms with Gasteiger partial charge in [-0.15, -0.1) is 0 Å². The van der Waals surface area contributed by atoms with Gasteiger partial charge in [-0.05, 0) is 13.5 Å². The van der Waals surface area contributed by atoms with Crippen LogP contribution in [0.5, 0.6) is 0 Å². The van der Waals surface area contributed by atoms with Crippen molar-refractivity contribution in [3.63, 3.8) is 0 Å². The van der Waals surface area contributed by atoms with Gasteiger partial charge in [-0.2, -0.15) is 5.10 Å². The smallest absolute Gasteiger partial charge is 0.0897 e. The summed E-state index contributed by atoms with van der Waals surface area (Å²) in [7, 11) is 2.17. The highest BCUT2D eigenvalue weighted by Gasteiger charge is 2.32. The summed E-state index contributed by atoms with van der Waals surface area (Å²) in [6.07, 6.45) is 5.46. The molecule has 0 saturated carbocycles. The Kier molecular flexibility index (Phi) is 5.57. The van der Waals surface area contributed by atoms with E-state index < -0.39 is 0 Å². The van der Waals surface area contributed by atoms with Gasteiger partial charge >= 0.3 is 0 Å². The molecule has 0 bridgehead atoms. The van der Waals surface area contributed by atoms with E-state index in [9.17, 15) is 0 Å². The topological polar surface area (TPSA) is 42.3 Å². The van der Waals surface area contributed by atoms with Crippen LogP contribution in [0, 0.1) is 0 Å². The Labute approximate surface area is 122 Å². The third-order valence-electron chi connectivity index (χ3n) is 3.78. The third kappa shape index (κ3) is 3.81. The first-order valence-corrected chi connectivity index (χ1v) is 7.69. The number of ether oxygens (including phenoxy) is 1. The molecule has 1 fully saturated rings. The molecule has 2 heterocycles. The zero-order valence-electron chi connectivity index (χ0n) is 13.2. The lowest BCUT2D eigenvalue weighted by Gasteiger charge is -2.39. The lowest BCUT2D eigenvalue weighted by Crippen LogP contribution is -2.48. The van der Waals surface area contributed by atoms with Crippen LogP contribution < -0.4 is 5.32 Å². The number of aryl methyl sites for hydroxylation is 1. The molecular weight excluding hydrogens is 252 g/mol. The molecule has 0 radical (unpaired) electrons. The molecule has 114 valence electrons. The van der Waals surface area contributed by atoms with Crippen molar-refractivity contribution in [3.8, 4) is 0 Å². The molecule has 1 N–H and O–H groups in total. The van der Waals surface area contributed by atoms with E-state index in [2.05, 4.69) is 49.3 Å². The lowest BCUT2D eigenvalue weighted by atomic mass is 10.0. The van der Waals surface area contributed by atoms with Gasteiger partial charge in [-0.3, -0.25) is 9.58 Å². The second-order valence-corrected chi connectivity index (χ2v) is 5.93. The SMILES string of the molecule is CCCn1cc(C2C(CNC(C)C)OCCN2C)cn1. The fraction of sp³-hybridized carbons (Fsp3) is 0.800. The van der Waals surface area contributed by atoms with Crippen LogP contribution in [-0.4, -0.2) is 53.6 Å². The minimum Gasteiger partial charge on any atom is -0.374 e. The number of hydrogen-bond acceptors (Lipinski definition) is 4. The van der Waals surface area contributed by atoms with E-state index in [1.54, 1.807) is 0 Å². The van der Waals surface area contributed by atoms with Crippen LogP contribution in [0.2, 0.25) is 0 Å². The summed E-state index contributed by atoms with van der Waals surface area (Å²) in [5, 5.41) is 7.95. The van der Waals surface area contributed by atoms with Gasteiger partial charge in [0.25, 0.3) is 0 Å². The Morgan fingerprint density at radius 2 is 2.30 bits per heavy atom. The molecule has 1 aliphatic heterocycles. The first kappa shape index (κ1) is 15.5. The molecule has 5 nitrogen and oxygen atoms in total. The molecule has 1 aromatic rings. The number of nitrogens with zero attached hydrogens (tertiary/aromatic N) is 3. The molecule has 2 atom stereocenters. The summed E-state index contributed by atoms with van der Waals surface area (Å²) >= 11 is 0. The molecule has 1 aromatic heterocycles. The van der Waals surface area contributed by atoms with Gasteiger partial charge in [-0.25, -0.2) is 0 Å². The van der Waals surface area contributed by atoms with E-state index in [0.717, 1.165) is 32.7 Å². The molecule has 2 rings (SSSR count). The van der Waals surface area contributed by atoms with Gasteiger partial charge in [-0.1, -0.05) is 20.8 Å². The summed E-state index contributed by atoms with van der Waals surface area (Å²) < 4.78 is 8.03. The van der Waals surface area contributed by atoms with Gasteiger partial charge in [0.2, 0.25) is 0 Å². The fourth-order valence-corrected chi connectivity index (χ4v) is 2.74. The van der Waals surface area contributed by atoms with Crippen molar-refractivity contribution < 1.29 is 4.74 Å². The van der Waals surface area contributed by atoms with Crippen molar-refractivity contribution in [1.29, 1.82) is 0 Å². The Balaban J connectivity index is 2.09. The van der Waals surface area contributed by atoms with Gasteiger partial charge in [0.05, 0.1) is 24.9 Å². The van der Waals surface area contributed by atoms with E-state index in [4.69, 9.17) is 4.74 Å². The molecule has 0 amide bonds. The first-order valence-electron chi connectivity index (χ1n) is 7.69. The number of rotatable bonds is 6. The first-order chi connectivity index (χ1) is 9.61. The third-order valence-corrected chi connectivity index (χ3v) is 3.78. The van der Waals surface area contributed by atoms with Gasteiger partial charge in [0, 0.05) is 37.4 Å². The highest BCUT2D eigenvalue weighted by molar-refractivity contribution is 5.14. The molecule has 0 spiro atoms. The van der Waals surface area contributed by atoms with E-state index in [0.29, 0.717) is 12.1 Å². The number of morpholine rings is 1. The lowest BCUT2D eigenvalue weighted by molar-refractivity contribution is -0.0620. The van der Waals surface area contributed by atoms with E-state index in [1.807, 2.05) is 10.9 Å². The van der Waals surface area contributed by atoms with E-state index in [1.165, 1.54) is 5.56 Å². The number of aromatic nitrogens is 2. The normalized spacial score (nSPS) is 24.4. The molecule has 1 aliphatic rings. The van der Waals surface area contributed by atoms with Crippen LogP contribution in [0.3, 0.4) is 0 Å². The maximum atomic E-state index is 5.99. The Hall–Kier alpha value is -0.910. The van der Waals surface area contributed by atoms with Crippen molar-refractivity contribution >= 4 is 0 Å². The zero-order valence-corrected chi connectivity index (χ0v) is 13.2. The Bertz CT molecular complexity index is 404. The minimum absolute atomic E-state index is 0.190. The van der Waals surface area contributed by atoms with E-state index in [-0.39, 0.29) is 6.10 Å². The second-order valence-electron chi connectivity index (χ2n) is 5.93. The second kappa shape index (κ2) is 7.20. The highest BCUT2D eigenvalue weighted by Crippen LogP contribution is 2.27. The summed E-state index contributed by atoms with van der Waals surface area (Å²) in [6, 6.07) is 0.773. The molecular formula is C15H28N4O. The average Bonchev–Trinajstić information content (AvgIpc) is 2.85. The quantitative estimate of drug-likeness (QED) is 0.860. The molecule has 0 aliphatic carbocycles. The Morgan fingerprint density at radius 1 is 1.50 bits per heavy atom. The minimum atomic E-state index is 0.190. The maximum Gasteiger partial charge on any atom is 0.0897 e. The summed E-state index contributed by atoms with van der Waals surface area (Å²) in [5.74, 6) is 0. The van der Waals surface area contributed by atoms with Gasteiger partial charge < -0.3 is 10.1 Å². The van der Waals surface area contributed by atoms with Gasteiger partial charge in [0.15, 0.2) is 0 Å².